The molecule has 4 nitrogen and oxygen atoms in total. The molecule has 0 aromatic heterocycles. The van der Waals surface area contributed by atoms with Crippen LogP contribution in [0.1, 0.15) is 0 Å². The van der Waals surface area contributed by atoms with Gasteiger partial charge >= 0.3 is 0 Å². The minimum Gasteiger partial charge on any atom is -0.599 e. The number of hydroxylamine groups is 2. The quantitative estimate of drug-likeness (QED) is 0.356. The lowest BCUT2D eigenvalue weighted by Crippen LogP contribution is -2.19. The number of quaternary nitrogens is 1. The van der Waals surface area contributed by atoms with Gasteiger partial charge in [0.05, 0.1) is 6.21 Å². The molecule has 0 saturated carbocycles. The van der Waals surface area contributed by atoms with E-state index in [9.17, 15) is 10.4 Å². The number of allylic oxidation sites excluding steroid dienone is 3. The van der Waals surface area contributed by atoms with Crippen LogP contribution >= 0.6 is 0 Å². The third-order valence-corrected chi connectivity index (χ3v) is 0.810. The molecule has 0 bridgehead atoms. The minimum atomic E-state index is -1.92. The predicted molar refractivity (Wildman–Crippen MR) is 33.8 cm³/mol. The highest BCUT2D eigenvalue weighted by Crippen LogP contribution is 2.04. The van der Waals surface area contributed by atoms with E-state index < -0.39 is 4.92 Å². The van der Waals surface area contributed by atoms with Crippen molar-refractivity contribution in [1.29, 1.82) is 0 Å². The second-order valence-corrected chi connectivity index (χ2v) is 1.56. The molecule has 0 fully saturated rings. The van der Waals surface area contributed by atoms with Gasteiger partial charge in [-0.1, -0.05) is 11.2 Å². The second-order valence-electron chi connectivity index (χ2n) is 1.56. The molecular weight excluding hydrogens is 120 g/mol. The van der Waals surface area contributed by atoms with Crippen molar-refractivity contribution in [3.63, 3.8) is 0 Å². The topological polar surface area (TPSA) is 58.5 Å². The molecule has 1 rings (SSSR count). The Labute approximate surface area is 52.1 Å². The second kappa shape index (κ2) is 2.10. The Morgan fingerprint density at radius 2 is 1.89 bits per heavy atom. The number of nitrogens with zero attached hydrogens (tertiary/aromatic N) is 2. The maximum Gasteiger partial charge on any atom is 0.123 e. The maximum atomic E-state index is 10.4. The molecule has 0 aromatic rings. The zero-order valence-electron chi connectivity index (χ0n) is 4.60. The molecule has 0 amide bonds. The molecule has 1 heterocycles. The fourth-order valence-electron chi connectivity index (χ4n) is 0.442. The number of hydrogen-bond donors (Lipinski definition) is 0. The Bertz CT molecular complexity index is 163. The van der Waals surface area contributed by atoms with E-state index >= 15 is 0 Å². The summed E-state index contributed by atoms with van der Waals surface area (Å²) in [4.78, 5) is -1.92. The molecule has 0 aliphatic carbocycles. The highest BCUT2D eigenvalue weighted by atomic mass is 16.9. The molecule has 0 saturated heterocycles. The van der Waals surface area contributed by atoms with Gasteiger partial charge in [0.25, 0.3) is 0 Å². The van der Waals surface area contributed by atoms with Gasteiger partial charge in [-0.05, 0) is 12.2 Å². The minimum absolute atomic E-state index is 0.903. The molecule has 0 unspecified atom stereocenters. The summed E-state index contributed by atoms with van der Waals surface area (Å²) in [7, 11) is 0. The van der Waals surface area contributed by atoms with Crippen molar-refractivity contribution in [3.05, 3.63) is 34.8 Å². The lowest BCUT2D eigenvalue weighted by atomic mass is 10.5. The monoisotopic (exact) mass is 125 g/mol. The maximum absolute atomic E-state index is 10.4. The normalized spacial score (nSPS) is 22.0. The third kappa shape index (κ3) is 1.77. The summed E-state index contributed by atoms with van der Waals surface area (Å²) in [5, 5.41) is 23.9. The van der Waals surface area contributed by atoms with Gasteiger partial charge in [0, 0.05) is 0 Å². The Balaban J connectivity index is 2.82. The van der Waals surface area contributed by atoms with E-state index in [0.29, 0.717) is 0 Å². The molecule has 0 N–H and O–H groups in total. The lowest BCUT2D eigenvalue weighted by Gasteiger charge is -2.34. The van der Waals surface area contributed by atoms with Crippen LogP contribution in [-0.4, -0.2) is 11.1 Å². The first kappa shape index (κ1) is 6.15. The zero-order chi connectivity index (χ0) is 6.74. The summed E-state index contributed by atoms with van der Waals surface area (Å²) < 4.78 is 0. The van der Waals surface area contributed by atoms with Gasteiger partial charge in [-0.15, -0.1) is 0 Å². The highest BCUT2D eigenvalue weighted by molar-refractivity contribution is 5.71. The Morgan fingerprint density at radius 1 is 1.11 bits per heavy atom. The first-order chi connectivity index (χ1) is 4.21. The van der Waals surface area contributed by atoms with Crippen molar-refractivity contribution < 1.29 is 4.92 Å². The van der Waals surface area contributed by atoms with E-state index in [-0.39, 0.29) is 0 Å². The summed E-state index contributed by atoms with van der Waals surface area (Å²) in [5.41, 5.74) is 0. The number of hydrogen-bond acceptors (Lipinski definition) is 3. The molecule has 0 aromatic carbocycles. The predicted octanol–water partition coefficient (Wildman–Crippen LogP) is 0.868. The van der Waals surface area contributed by atoms with Crippen molar-refractivity contribution in [2.45, 2.75) is 0 Å². The first-order valence-corrected chi connectivity index (χ1v) is 2.41. The number of rotatable bonds is 0. The van der Waals surface area contributed by atoms with Crippen molar-refractivity contribution >= 4 is 6.21 Å². The summed E-state index contributed by atoms with van der Waals surface area (Å²) in [5.74, 6) is 0. The SMILES string of the molecule is [O-][N+]1([O-])C=CC=CC=N1. The molecule has 9 heavy (non-hydrogen) atoms. The highest BCUT2D eigenvalue weighted by Gasteiger charge is 1.93. The smallest absolute Gasteiger partial charge is 0.123 e. The van der Waals surface area contributed by atoms with Crippen LogP contribution in [-0.2, 0) is 0 Å². The van der Waals surface area contributed by atoms with Crippen molar-refractivity contribution in [1.82, 2.24) is 0 Å². The van der Waals surface area contributed by atoms with Crippen LogP contribution in [0.3, 0.4) is 0 Å². The first-order valence-electron chi connectivity index (χ1n) is 2.41. The van der Waals surface area contributed by atoms with Crippen LogP contribution in [0.5, 0.6) is 0 Å². The van der Waals surface area contributed by atoms with E-state index in [1.165, 1.54) is 18.4 Å². The van der Waals surface area contributed by atoms with Crippen molar-refractivity contribution in [2.75, 3.05) is 0 Å². The van der Waals surface area contributed by atoms with Crippen LogP contribution in [0.4, 0.5) is 0 Å². The molecule has 48 valence electrons. The third-order valence-electron chi connectivity index (χ3n) is 0.810. The molecular formula is C5H5N2O2-. The molecule has 4 heteroatoms. The van der Waals surface area contributed by atoms with Crippen molar-refractivity contribution in [2.24, 2.45) is 5.10 Å². The van der Waals surface area contributed by atoms with Gasteiger partial charge in [0.2, 0.25) is 0 Å². The van der Waals surface area contributed by atoms with Crippen LogP contribution in [0, 0.1) is 10.4 Å². The molecule has 0 spiro atoms. The van der Waals surface area contributed by atoms with Gasteiger partial charge < -0.3 is 10.4 Å². The van der Waals surface area contributed by atoms with Gasteiger partial charge in [-0.3, -0.25) is 0 Å². The molecule has 1 aliphatic heterocycles. The fourth-order valence-corrected chi connectivity index (χ4v) is 0.442. The summed E-state index contributed by atoms with van der Waals surface area (Å²) >= 11 is 0. The fraction of sp³-hybridized carbons (Fsp3) is 0. The summed E-state index contributed by atoms with van der Waals surface area (Å²) in [6, 6.07) is 0. The van der Waals surface area contributed by atoms with E-state index in [1.807, 2.05) is 0 Å². The van der Waals surface area contributed by atoms with Gasteiger partial charge in [-0.25, -0.2) is 4.92 Å². The summed E-state index contributed by atoms with van der Waals surface area (Å²) in [6.45, 7) is 0. The van der Waals surface area contributed by atoms with Gasteiger partial charge in [0.1, 0.15) is 6.20 Å². The molecule has 0 atom stereocenters. The van der Waals surface area contributed by atoms with Gasteiger partial charge in [-0.2, -0.15) is 0 Å². The van der Waals surface area contributed by atoms with Crippen molar-refractivity contribution in [3.8, 4) is 0 Å². The van der Waals surface area contributed by atoms with E-state index in [0.717, 1.165) is 6.20 Å². The Kier molecular flexibility index (Phi) is 1.44. The van der Waals surface area contributed by atoms with Crippen LogP contribution < -0.4 is 0 Å². The standard InChI is InChI=1S/C5H5N2O2/c8-7(9)5-3-1-2-4-6-7/h1-5H/q-1. The lowest BCUT2D eigenvalue weighted by molar-refractivity contribution is -0.781. The Hall–Kier alpha value is -0.970. The van der Waals surface area contributed by atoms with Crippen LogP contribution in [0.2, 0.25) is 0 Å². The Morgan fingerprint density at radius 3 is 2.67 bits per heavy atom. The zero-order valence-corrected chi connectivity index (χ0v) is 4.60. The average molecular weight is 125 g/mol. The van der Waals surface area contributed by atoms with Gasteiger partial charge in [0.15, 0.2) is 0 Å². The molecule has 1 aliphatic rings. The van der Waals surface area contributed by atoms with E-state index in [2.05, 4.69) is 5.10 Å². The van der Waals surface area contributed by atoms with Crippen LogP contribution in [0.25, 0.3) is 0 Å². The van der Waals surface area contributed by atoms with Crippen LogP contribution in [0.15, 0.2) is 29.5 Å². The van der Waals surface area contributed by atoms with E-state index in [1.54, 1.807) is 6.08 Å². The average Bonchev–Trinajstić information content (AvgIpc) is 1.92. The summed E-state index contributed by atoms with van der Waals surface area (Å²) in [6.07, 6.45) is 6.54. The molecule has 0 radical (unpaired) electrons. The van der Waals surface area contributed by atoms with E-state index in [4.69, 9.17) is 0 Å². The largest absolute Gasteiger partial charge is 0.599 e.